The van der Waals surface area contributed by atoms with Crippen LogP contribution in [0, 0.1) is 43.9 Å². The van der Waals surface area contributed by atoms with E-state index in [1.54, 1.807) is 6.08 Å². The van der Waals surface area contributed by atoms with Gasteiger partial charge in [0, 0.05) is 48.9 Å². The second kappa shape index (κ2) is 15.2. The molecule has 4 aromatic rings. The average molecular weight is 911 g/mol. The Kier molecular flexibility index (Phi) is 10.4. The molecule has 2 N–H and O–H groups in total. The van der Waals surface area contributed by atoms with Crippen LogP contribution in [0.4, 0.5) is 41.7 Å². The number of benzene rings is 3. The number of imide groups is 2. The molecule has 0 unspecified atom stereocenters. The number of phenolic OH excluding ortho intramolecular Hbond substituents is 1. The quantitative estimate of drug-likeness (QED) is 0.0736. The number of nitrogens with one attached hydrogen (secondary N) is 1. The molecule has 1 saturated carbocycles. The van der Waals surface area contributed by atoms with Crippen molar-refractivity contribution in [1.82, 2.24) is 9.99 Å². The van der Waals surface area contributed by atoms with Gasteiger partial charge in [-0.2, -0.15) is 18.2 Å². The lowest BCUT2D eigenvalue weighted by Gasteiger charge is -2.50. The summed E-state index contributed by atoms with van der Waals surface area (Å²) >= 11 is 12.6. The van der Waals surface area contributed by atoms with Gasteiger partial charge in [0.05, 0.1) is 56.4 Å². The number of para-hydroxylation sites is 1. The lowest BCUT2D eigenvalue weighted by atomic mass is 9.49. The summed E-state index contributed by atoms with van der Waals surface area (Å²) in [6.07, 6.45) is -3.18. The van der Waals surface area contributed by atoms with E-state index in [9.17, 15) is 52.9 Å². The van der Waals surface area contributed by atoms with E-state index < -0.39 is 114 Å². The van der Waals surface area contributed by atoms with E-state index in [0.717, 1.165) is 17.0 Å². The minimum absolute atomic E-state index is 0.0261. The third-order valence-electron chi connectivity index (χ3n) is 12.3. The number of aromatic nitrogens is 1. The highest BCUT2D eigenvalue weighted by Crippen LogP contribution is 2.65. The lowest BCUT2D eigenvalue weighted by molar-refractivity contribution is -0.392. The van der Waals surface area contributed by atoms with Gasteiger partial charge in [-0.15, -0.1) is 0 Å². The predicted molar refractivity (Wildman–Crippen MR) is 218 cm³/mol. The molecule has 0 bridgehead atoms. The molecular weight excluding hydrogens is 878 g/mol. The number of anilines is 3. The molecule has 17 nitrogen and oxygen atoms in total. The highest BCUT2D eigenvalue weighted by Gasteiger charge is 2.71. The number of methoxy groups -OCH3 is 1. The Labute approximate surface area is 363 Å². The summed E-state index contributed by atoms with van der Waals surface area (Å²) in [5.41, 5.74) is -2.35. The summed E-state index contributed by atoms with van der Waals surface area (Å²) in [4.78, 5) is 87.9. The summed E-state index contributed by atoms with van der Waals surface area (Å²) in [6.45, 7) is 0. The van der Waals surface area contributed by atoms with Crippen molar-refractivity contribution in [1.29, 1.82) is 0 Å². The first-order valence-electron chi connectivity index (χ1n) is 19.0. The molecule has 3 fully saturated rings. The van der Waals surface area contributed by atoms with Gasteiger partial charge in [0.1, 0.15) is 0 Å². The fourth-order valence-electron chi connectivity index (χ4n) is 9.77. The number of ether oxygens (including phenoxy) is 1. The number of carbonyl (C=O) groups is 4. The number of amides is 4. The molecule has 3 heterocycles. The van der Waals surface area contributed by atoms with Crippen molar-refractivity contribution < 1.29 is 52.0 Å². The Balaban J connectivity index is 1.32. The van der Waals surface area contributed by atoms with Crippen LogP contribution in [0.1, 0.15) is 35.4 Å². The Morgan fingerprint density at radius 2 is 1.60 bits per heavy atom. The van der Waals surface area contributed by atoms with E-state index in [2.05, 4.69) is 10.4 Å². The van der Waals surface area contributed by atoms with Crippen LogP contribution in [-0.2, 0) is 30.8 Å². The molecular formula is C41H32Cl2F3N7O10. The van der Waals surface area contributed by atoms with Gasteiger partial charge in [-0.1, -0.05) is 59.1 Å². The number of hydrogen-bond acceptors (Lipinski definition) is 13. The van der Waals surface area contributed by atoms with Crippen LogP contribution in [-0.4, -0.2) is 69.8 Å². The molecule has 4 aliphatic rings. The molecule has 1 aromatic heterocycles. The smallest absolute Gasteiger partial charge is 0.417 e. The molecule has 2 aliphatic heterocycles. The van der Waals surface area contributed by atoms with Crippen LogP contribution in [0.15, 0.2) is 78.5 Å². The minimum atomic E-state index is -4.83. The monoisotopic (exact) mass is 909 g/mol. The molecule has 6 atom stereocenters. The standard InChI is InChI=1S/C41H32Cl2F3N7O10/c1-49(2)33-28(52(59)60)14-21(15-29(33)53(61)62)50-36(55)23-12-11-22-25(31(23)38(50)57)16-26-37(56)51(48-35-27(43)13-19(17-47-35)41(44,45)46)39(58)40(26,18-7-9-20(42)10-8-18)32(22)24-5-4-6-30(63-3)34(24)54/h4-11,13-15,17,23,25-26,31-32,54H,12,16H2,1-3H3,(H,47,48)/t23-,25+,26-,31-,32+,40+/m0/s1. The number of nitro benzene ring substituents is 2. The number of carbonyl (C=O) groups excluding carboxylic acids is 4. The summed E-state index contributed by atoms with van der Waals surface area (Å²) in [5, 5.41) is 36.6. The number of allylic oxidation sites excluding steroid dienone is 2. The average Bonchev–Trinajstić information content (AvgIpc) is 3.61. The van der Waals surface area contributed by atoms with E-state index in [1.165, 1.54) is 63.7 Å². The molecule has 3 aromatic carbocycles. The maximum atomic E-state index is 15.4. The largest absolute Gasteiger partial charge is 0.504 e. The van der Waals surface area contributed by atoms with Gasteiger partial charge in [0.2, 0.25) is 11.8 Å². The van der Waals surface area contributed by atoms with Crippen molar-refractivity contribution >= 4 is 75.4 Å². The molecule has 22 heteroatoms. The zero-order chi connectivity index (χ0) is 45.6. The number of alkyl halides is 3. The van der Waals surface area contributed by atoms with Crippen LogP contribution in [0.5, 0.6) is 11.5 Å². The summed E-state index contributed by atoms with van der Waals surface area (Å²) in [7, 11) is 4.00. The molecule has 0 spiro atoms. The number of phenols is 1. The first-order valence-corrected chi connectivity index (χ1v) is 19.7. The highest BCUT2D eigenvalue weighted by molar-refractivity contribution is 6.33. The van der Waals surface area contributed by atoms with E-state index in [0.29, 0.717) is 27.7 Å². The van der Waals surface area contributed by atoms with Gasteiger partial charge in [0.15, 0.2) is 23.0 Å². The van der Waals surface area contributed by atoms with Crippen LogP contribution >= 0.6 is 23.2 Å². The van der Waals surface area contributed by atoms with Gasteiger partial charge >= 0.3 is 17.6 Å². The van der Waals surface area contributed by atoms with Gasteiger partial charge in [-0.05, 0) is 48.6 Å². The van der Waals surface area contributed by atoms with E-state index in [-0.39, 0.29) is 40.4 Å². The number of halogens is 5. The number of pyridine rings is 1. The Morgan fingerprint density at radius 3 is 2.17 bits per heavy atom. The fourth-order valence-corrected chi connectivity index (χ4v) is 10.1. The maximum absolute atomic E-state index is 15.4. The summed E-state index contributed by atoms with van der Waals surface area (Å²) in [6, 6.07) is 12.8. The van der Waals surface area contributed by atoms with Crippen LogP contribution < -0.4 is 20.0 Å². The second-order valence-electron chi connectivity index (χ2n) is 15.6. The first kappa shape index (κ1) is 42.9. The van der Waals surface area contributed by atoms with Crippen molar-refractivity contribution in [3.05, 3.63) is 125 Å². The van der Waals surface area contributed by atoms with E-state index in [1.807, 2.05) is 0 Å². The van der Waals surface area contributed by atoms with Crippen LogP contribution in [0.2, 0.25) is 10.0 Å². The topological polar surface area (TPSA) is 219 Å². The summed E-state index contributed by atoms with van der Waals surface area (Å²) < 4.78 is 46.1. The normalized spacial score (nSPS) is 24.1. The number of rotatable bonds is 9. The molecule has 8 rings (SSSR count). The molecule has 63 heavy (non-hydrogen) atoms. The number of hydrazine groups is 1. The number of nitro groups is 2. The number of fused-ring (bicyclic) bond motifs is 4. The SMILES string of the molecule is COc1cccc([C@H]2C3=CC[C@@H]4C(=O)N(c5cc([N+](=O)[O-])c(N(C)C)c([N+](=O)[O-])c5)C(=O)[C@@H]4[C@@H]3C[C@H]3C(=O)N(Nc4ncc(C(F)(F)F)cc4Cl)C(=O)[C@@]23c2ccc(Cl)cc2)c1O. The van der Waals surface area contributed by atoms with Crippen LogP contribution in [0.3, 0.4) is 0 Å². The van der Waals surface area contributed by atoms with Gasteiger partial charge < -0.3 is 14.7 Å². The Hall–Kier alpha value is -6.80. The fraction of sp³-hybridized carbons (Fsp3) is 0.293. The zero-order valence-electron chi connectivity index (χ0n) is 32.9. The third kappa shape index (κ3) is 6.49. The molecule has 4 amide bonds. The first-order chi connectivity index (χ1) is 29.7. The highest BCUT2D eigenvalue weighted by atomic mass is 35.5. The number of nitrogens with zero attached hydrogens (tertiary/aromatic N) is 6. The lowest BCUT2D eigenvalue weighted by Crippen LogP contribution is -2.53. The van der Waals surface area contributed by atoms with E-state index >= 15 is 4.79 Å². The van der Waals surface area contributed by atoms with Gasteiger partial charge in [-0.3, -0.25) is 44.8 Å². The third-order valence-corrected chi connectivity index (χ3v) is 12.8. The second-order valence-corrected chi connectivity index (χ2v) is 16.4. The Morgan fingerprint density at radius 1 is 0.952 bits per heavy atom. The molecule has 2 aliphatic carbocycles. The van der Waals surface area contributed by atoms with Crippen molar-refractivity contribution in [2.24, 2.45) is 23.7 Å². The molecule has 2 saturated heterocycles. The van der Waals surface area contributed by atoms with Crippen molar-refractivity contribution in [2.75, 3.05) is 36.4 Å². The van der Waals surface area contributed by atoms with Crippen molar-refractivity contribution in [2.45, 2.75) is 30.4 Å². The zero-order valence-corrected chi connectivity index (χ0v) is 34.4. The van der Waals surface area contributed by atoms with Crippen molar-refractivity contribution in [3.8, 4) is 11.5 Å². The number of aromatic hydroxyl groups is 1. The maximum Gasteiger partial charge on any atom is 0.417 e. The minimum Gasteiger partial charge on any atom is -0.504 e. The molecule has 0 radical (unpaired) electrons. The van der Waals surface area contributed by atoms with Gasteiger partial charge in [-0.25, -0.2) is 9.88 Å². The number of hydrogen-bond donors (Lipinski definition) is 2. The van der Waals surface area contributed by atoms with E-state index in [4.69, 9.17) is 27.9 Å². The molecule has 326 valence electrons. The van der Waals surface area contributed by atoms with Crippen LogP contribution in [0.25, 0.3) is 0 Å². The predicted octanol–water partition coefficient (Wildman–Crippen LogP) is 7.19. The van der Waals surface area contributed by atoms with Gasteiger partial charge in [0.25, 0.3) is 11.8 Å². The van der Waals surface area contributed by atoms with Crippen molar-refractivity contribution in [3.63, 3.8) is 0 Å². The summed E-state index contributed by atoms with van der Waals surface area (Å²) in [5.74, 6) is -10.8. The Bertz CT molecular complexity index is 2680.